The van der Waals surface area contributed by atoms with E-state index >= 15 is 0 Å². The van der Waals surface area contributed by atoms with E-state index in [0.29, 0.717) is 13.1 Å². The Kier molecular flexibility index (Phi) is 2.60. The van der Waals surface area contributed by atoms with E-state index < -0.39 is 0 Å². The van der Waals surface area contributed by atoms with Crippen LogP contribution in [0.2, 0.25) is 0 Å². The van der Waals surface area contributed by atoms with Gasteiger partial charge in [0.05, 0.1) is 0 Å². The first-order valence-electron chi connectivity index (χ1n) is 5.08. The van der Waals surface area contributed by atoms with Gasteiger partial charge in [-0.3, -0.25) is 4.90 Å². The smallest absolute Gasteiger partial charge is 0.322 e. The summed E-state index contributed by atoms with van der Waals surface area (Å²) in [5.74, 6) is 0. The fourth-order valence-corrected chi connectivity index (χ4v) is 1.85. The number of carbonyl (C=O) groups excluding carboxylic acids is 1. The van der Waals surface area contributed by atoms with Gasteiger partial charge in [0.2, 0.25) is 0 Å². The predicted octanol–water partition coefficient (Wildman–Crippen LogP) is 1.06. The third-order valence-corrected chi connectivity index (χ3v) is 2.57. The van der Waals surface area contributed by atoms with Crippen LogP contribution in [0, 0.1) is 0 Å². The lowest BCUT2D eigenvalue weighted by molar-refractivity contribution is 0.251. The van der Waals surface area contributed by atoms with Gasteiger partial charge in [-0.25, -0.2) is 4.79 Å². The molecule has 1 fully saturated rings. The number of nitrogens with zero attached hydrogens (tertiary/aromatic N) is 1. The molecule has 0 aliphatic carbocycles. The molecule has 0 radical (unpaired) electrons. The van der Waals surface area contributed by atoms with E-state index in [4.69, 9.17) is 5.73 Å². The van der Waals surface area contributed by atoms with Crippen molar-refractivity contribution in [2.24, 2.45) is 5.73 Å². The maximum absolute atomic E-state index is 11.6. The molecule has 1 aliphatic heterocycles. The summed E-state index contributed by atoms with van der Waals surface area (Å²) in [5, 5.41) is 2.86. The lowest BCUT2D eigenvalue weighted by atomic mass is 10.1. The number of anilines is 1. The molecule has 4 heteroatoms. The van der Waals surface area contributed by atoms with Crippen molar-refractivity contribution in [1.82, 2.24) is 5.32 Å². The van der Waals surface area contributed by atoms with Crippen LogP contribution in [0.1, 0.15) is 12.5 Å². The lowest BCUT2D eigenvalue weighted by Gasteiger charge is -2.17. The van der Waals surface area contributed by atoms with Crippen molar-refractivity contribution in [3.05, 3.63) is 29.8 Å². The SMILES string of the molecule is CC1CN(c2ccccc2CN)C(=O)N1. The highest BCUT2D eigenvalue weighted by atomic mass is 16.2. The Bertz CT molecular complexity index is 378. The van der Waals surface area contributed by atoms with Gasteiger partial charge in [-0.05, 0) is 18.6 Å². The van der Waals surface area contributed by atoms with Gasteiger partial charge in [0.15, 0.2) is 0 Å². The van der Waals surface area contributed by atoms with Crippen molar-refractivity contribution in [3.8, 4) is 0 Å². The molecule has 0 saturated carbocycles. The maximum Gasteiger partial charge on any atom is 0.322 e. The van der Waals surface area contributed by atoms with Gasteiger partial charge in [-0.15, -0.1) is 0 Å². The topological polar surface area (TPSA) is 58.4 Å². The highest BCUT2D eigenvalue weighted by Crippen LogP contribution is 2.22. The van der Waals surface area contributed by atoms with Gasteiger partial charge in [-0.1, -0.05) is 18.2 Å². The lowest BCUT2D eigenvalue weighted by Crippen LogP contribution is -2.29. The van der Waals surface area contributed by atoms with E-state index in [1.54, 1.807) is 4.90 Å². The number of amides is 2. The highest BCUT2D eigenvalue weighted by Gasteiger charge is 2.27. The van der Waals surface area contributed by atoms with Crippen molar-refractivity contribution < 1.29 is 4.79 Å². The van der Waals surface area contributed by atoms with Gasteiger partial charge in [-0.2, -0.15) is 0 Å². The van der Waals surface area contributed by atoms with Gasteiger partial charge in [0.1, 0.15) is 0 Å². The van der Waals surface area contributed by atoms with E-state index in [2.05, 4.69) is 5.32 Å². The fourth-order valence-electron chi connectivity index (χ4n) is 1.85. The molecule has 2 amide bonds. The van der Waals surface area contributed by atoms with Crippen molar-refractivity contribution in [1.29, 1.82) is 0 Å². The molecule has 3 N–H and O–H groups in total. The predicted molar refractivity (Wildman–Crippen MR) is 59.7 cm³/mol. The molecule has 80 valence electrons. The molecule has 0 aromatic heterocycles. The molecule has 2 rings (SSSR count). The van der Waals surface area contributed by atoms with Crippen molar-refractivity contribution >= 4 is 11.7 Å². The zero-order valence-electron chi connectivity index (χ0n) is 8.73. The quantitative estimate of drug-likeness (QED) is 0.758. The Morgan fingerprint density at radius 2 is 2.27 bits per heavy atom. The third-order valence-electron chi connectivity index (χ3n) is 2.57. The van der Waals surface area contributed by atoms with Crippen LogP contribution in [0.4, 0.5) is 10.5 Å². The monoisotopic (exact) mass is 205 g/mol. The van der Waals surface area contributed by atoms with Crippen molar-refractivity contribution in [3.63, 3.8) is 0 Å². The standard InChI is InChI=1S/C11H15N3O/c1-8-7-14(11(15)13-8)10-5-3-2-4-9(10)6-12/h2-5,8H,6-7,12H2,1H3,(H,13,15). The Balaban J connectivity index is 2.33. The Morgan fingerprint density at radius 3 is 2.87 bits per heavy atom. The number of para-hydroxylation sites is 1. The average molecular weight is 205 g/mol. The Hall–Kier alpha value is -1.55. The number of nitrogens with two attached hydrogens (primary N) is 1. The molecule has 15 heavy (non-hydrogen) atoms. The second-order valence-electron chi connectivity index (χ2n) is 3.79. The largest absolute Gasteiger partial charge is 0.333 e. The summed E-state index contributed by atoms with van der Waals surface area (Å²) < 4.78 is 0. The van der Waals surface area contributed by atoms with Crippen molar-refractivity contribution in [2.45, 2.75) is 19.5 Å². The van der Waals surface area contributed by atoms with Gasteiger partial charge >= 0.3 is 6.03 Å². The first-order chi connectivity index (χ1) is 7.22. The summed E-state index contributed by atoms with van der Waals surface area (Å²) in [6, 6.07) is 7.89. The molecule has 0 bridgehead atoms. The number of nitrogens with one attached hydrogen (secondary N) is 1. The molecule has 0 spiro atoms. The van der Waals surface area contributed by atoms with Gasteiger partial charge in [0, 0.05) is 24.8 Å². The zero-order chi connectivity index (χ0) is 10.8. The molecular weight excluding hydrogens is 190 g/mol. The van der Waals surface area contributed by atoms with Crippen LogP contribution < -0.4 is 16.0 Å². The summed E-state index contributed by atoms with van der Waals surface area (Å²) in [7, 11) is 0. The number of benzene rings is 1. The van der Waals surface area contributed by atoms with E-state index in [1.165, 1.54) is 0 Å². The van der Waals surface area contributed by atoms with E-state index in [-0.39, 0.29) is 12.1 Å². The van der Waals surface area contributed by atoms with Crippen LogP contribution in [-0.4, -0.2) is 18.6 Å². The molecule has 1 unspecified atom stereocenters. The highest BCUT2D eigenvalue weighted by molar-refractivity contribution is 5.95. The van der Waals surface area contributed by atoms with Crippen LogP contribution in [-0.2, 0) is 6.54 Å². The first-order valence-corrected chi connectivity index (χ1v) is 5.08. The number of urea groups is 1. The van der Waals surface area contributed by atoms with Crippen LogP contribution in [0.15, 0.2) is 24.3 Å². The molecule has 1 aromatic carbocycles. The third kappa shape index (κ3) is 1.80. The van der Waals surface area contributed by atoms with E-state index in [9.17, 15) is 4.79 Å². The maximum atomic E-state index is 11.6. The molecule has 1 heterocycles. The average Bonchev–Trinajstić information content (AvgIpc) is 2.57. The molecule has 1 aliphatic rings. The van der Waals surface area contributed by atoms with Crippen LogP contribution >= 0.6 is 0 Å². The Morgan fingerprint density at radius 1 is 1.53 bits per heavy atom. The van der Waals surface area contributed by atoms with Gasteiger partial charge < -0.3 is 11.1 Å². The molecular formula is C11H15N3O. The first kappa shape index (κ1) is 9.98. The second kappa shape index (κ2) is 3.90. The number of hydrogen-bond acceptors (Lipinski definition) is 2. The van der Waals surface area contributed by atoms with E-state index in [1.807, 2.05) is 31.2 Å². The Labute approximate surface area is 89.1 Å². The van der Waals surface area contributed by atoms with Crippen LogP contribution in [0.25, 0.3) is 0 Å². The zero-order valence-corrected chi connectivity index (χ0v) is 8.73. The van der Waals surface area contributed by atoms with Crippen LogP contribution in [0.3, 0.4) is 0 Å². The molecule has 4 nitrogen and oxygen atoms in total. The van der Waals surface area contributed by atoms with Crippen molar-refractivity contribution in [2.75, 3.05) is 11.4 Å². The fraction of sp³-hybridized carbons (Fsp3) is 0.364. The minimum atomic E-state index is -0.0385. The normalized spacial score (nSPS) is 20.5. The molecule has 1 atom stereocenters. The van der Waals surface area contributed by atoms with E-state index in [0.717, 1.165) is 11.3 Å². The number of carbonyl (C=O) groups is 1. The summed E-state index contributed by atoms with van der Waals surface area (Å²) in [5.41, 5.74) is 7.56. The molecule has 1 saturated heterocycles. The van der Waals surface area contributed by atoms with Gasteiger partial charge in [0.25, 0.3) is 0 Å². The molecule has 1 aromatic rings. The number of hydrogen-bond donors (Lipinski definition) is 2. The minimum Gasteiger partial charge on any atom is -0.333 e. The van der Waals surface area contributed by atoms with Crippen LogP contribution in [0.5, 0.6) is 0 Å². The summed E-state index contributed by atoms with van der Waals surface area (Å²) in [6.45, 7) is 3.15. The number of rotatable bonds is 2. The summed E-state index contributed by atoms with van der Waals surface area (Å²) in [6.07, 6.45) is 0. The summed E-state index contributed by atoms with van der Waals surface area (Å²) >= 11 is 0. The second-order valence-corrected chi connectivity index (χ2v) is 3.79. The summed E-state index contributed by atoms with van der Waals surface area (Å²) in [4.78, 5) is 13.4. The minimum absolute atomic E-state index is 0.0385.